The normalized spacial score (nSPS) is 45.7. The number of carbonyl (C=O) groups excluding carboxylic acids is 2. The van der Waals surface area contributed by atoms with E-state index in [1.165, 1.54) is 0 Å². The monoisotopic (exact) mass is 470 g/mol. The first-order chi connectivity index (χ1) is 15.9. The first-order valence-electron chi connectivity index (χ1n) is 12.8. The van der Waals surface area contributed by atoms with Gasteiger partial charge in [0.05, 0.1) is 17.6 Å². The molecule has 3 N–H and O–H groups in total. The van der Waals surface area contributed by atoms with Gasteiger partial charge in [-0.15, -0.1) is 0 Å². The van der Waals surface area contributed by atoms with Crippen LogP contribution < -0.4 is 0 Å². The highest BCUT2D eigenvalue weighted by molar-refractivity contribution is 5.92. The van der Waals surface area contributed by atoms with Crippen LogP contribution in [0.5, 0.6) is 0 Å². The van der Waals surface area contributed by atoms with Gasteiger partial charge in [-0.05, 0) is 76.2 Å². The number of hydrogen-bond donors (Lipinski definition) is 3. The summed E-state index contributed by atoms with van der Waals surface area (Å²) in [4.78, 5) is 25.6. The molecule has 2 fully saturated rings. The minimum atomic E-state index is -1.65. The van der Waals surface area contributed by atoms with Crippen molar-refractivity contribution in [2.75, 3.05) is 6.61 Å². The lowest BCUT2D eigenvalue weighted by molar-refractivity contribution is -0.252. The SMILES string of the molecule is CC1=C(CO)C(=O)O[C@@H]([C@](C)(O)[C@@]2(O)CC[C@H]3[C@@H]4CC=C5C=CCC(=O)[C@]5(C)[C@H]4CC[C@@]32C)C1. The highest BCUT2D eigenvalue weighted by Gasteiger charge is 2.70. The van der Waals surface area contributed by atoms with Crippen molar-refractivity contribution in [1.82, 2.24) is 0 Å². The zero-order valence-corrected chi connectivity index (χ0v) is 20.8. The molecule has 34 heavy (non-hydrogen) atoms. The predicted octanol–water partition coefficient (Wildman–Crippen LogP) is 3.40. The summed E-state index contributed by atoms with van der Waals surface area (Å²) in [5, 5.41) is 33.7. The lowest BCUT2D eigenvalue weighted by Crippen LogP contribution is -2.68. The molecule has 1 heterocycles. The molecule has 5 aliphatic rings. The highest BCUT2D eigenvalue weighted by Crippen LogP contribution is 2.68. The van der Waals surface area contributed by atoms with Gasteiger partial charge in [0, 0.05) is 18.3 Å². The van der Waals surface area contributed by atoms with Crippen molar-refractivity contribution in [2.45, 2.75) is 89.9 Å². The van der Waals surface area contributed by atoms with Crippen molar-refractivity contribution in [2.24, 2.45) is 28.6 Å². The van der Waals surface area contributed by atoms with Gasteiger partial charge in [-0.3, -0.25) is 4.79 Å². The molecule has 0 aromatic rings. The number of aliphatic hydroxyl groups is 3. The van der Waals surface area contributed by atoms with Gasteiger partial charge in [0.15, 0.2) is 0 Å². The van der Waals surface area contributed by atoms with Crippen LogP contribution in [0.1, 0.15) is 72.6 Å². The van der Waals surface area contributed by atoms with E-state index in [4.69, 9.17) is 4.74 Å². The van der Waals surface area contributed by atoms with Crippen molar-refractivity contribution < 1.29 is 29.6 Å². The van der Waals surface area contributed by atoms with Crippen LogP contribution in [0.4, 0.5) is 0 Å². The first-order valence-corrected chi connectivity index (χ1v) is 12.8. The second-order valence-corrected chi connectivity index (χ2v) is 12.0. The average Bonchev–Trinajstić information content (AvgIpc) is 3.07. The molecule has 6 heteroatoms. The number of hydrogen-bond acceptors (Lipinski definition) is 6. The second-order valence-electron chi connectivity index (χ2n) is 12.0. The quantitative estimate of drug-likeness (QED) is 0.546. The van der Waals surface area contributed by atoms with Crippen LogP contribution in [0.25, 0.3) is 0 Å². The Labute approximate surface area is 201 Å². The molecular weight excluding hydrogens is 432 g/mol. The third kappa shape index (κ3) is 2.85. The molecule has 1 aliphatic heterocycles. The van der Waals surface area contributed by atoms with Gasteiger partial charge in [0.25, 0.3) is 0 Å². The average molecular weight is 471 g/mol. The second kappa shape index (κ2) is 7.62. The van der Waals surface area contributed by atoms with Crippen molar-refractivity contribution in [3.63, 3.8) is 0 Å². The maximum atomic E-state index is 13.1. The Morgan fingerprint density at radius 2 is 1.88 bits per heavy atom. The molecule has 4 aliphatic carbocycles. The topological polar surface area (TPSA) is 104 Å². The lowest BCUT2D eigenvalue weighted by atomic mass is 9.46. The zero-order chi connectivity index (χ0) is 24.7. The number of Topliss-reactive ketones (excluding diaryl/α,β-unsaturated/α-hetero) is 1. The molecule has 8 atom stereocenters. The lowest BCUT2D eigenvalue weighted by Gasteiger charge is -2.60. The molecular formula is C28H38O6. The molecule has 0 saturated heterocycles. The van der Waals surface area contributed by atoms with Crippen LogP contribution in [0.3, 0.4) is 0 Å². The zero-order valence-electron chi connectivity index (χ0n) is 20.8. The van der Waals surface area contributed by atoms with Gasteiger partial charge in [0.1, 0.15) is 23.1 Å². The van der Waals surface area contributed by atoms with E-state index in [2.05, 4.69) is 26.0 Å². The largest absolute Gasteiger partial charge is 0.455 e. The molecule has 0 radical (unpaired) electrons. The van der Waals surface area contributed by atoms with Crippen LogP contribution >= 0.6 is 0 Å². The third-order valence-electron chi connectivity index (χ3n) is 10.8. The fourth-order valence-electron chi connectivity index (χ4n) is 8.58. The maximum Gasteiger partial charge on any atom is 0.336 e. The van der Waals surface area contributed by atoms with Crippen LogP contribution in [0.2, 0.25) is 0 Å². The minimum absolute atomic E-state index is 0.167. The summed E-state index contributed by atoms with van der Waals surface area (Å²) in [5.74, 6) is 0.338. The van der Waals surface area contributed by atoms with E-state index >= 15 is 0 Å². The number of rotatable bonds is 3. The van der Waals surface area contributed by atoms with E-state index in [-0.39, 0.29) is 35.5 Å². The fraction of sp³-hybridized carbons (Fsp3) is 0.714. The van der Waals surface area contributed by atoms with Gasteiger partial charge in [-0.25, -0.2) is 4.79 Å². The number of cyclic esters (lactones) is 1. The smallest absolute Gasteiger partial charge is 0.336 e. The van der Waals surface area contributed by atoms with Gasteiger partial charge in [-0.1, -0.05) is 30.7 Å². The maximum absolute atomic E-state index is 13.1. The van der Waals surface area contributed by atoms with Crippen LogP contribution in [0.15, 0.2) is 34.9 Å². The number of fused-ring (bicyclic) bond motifs is 5. The van der Waals surface area contributed by atoms with Crippen molar-refractivity contribution >= 4 is 11.8 Å². The number of carbonyl (C=O) groups is 2. The summed E-state index contributed by atoms with van der Waals surface area (Å²) in [7, 11) is 0. The molecule has 0 amide bonds. The van der Waals surface area contributed by atoms with E-state index in [1.54, 1.807) is 13.8 Å². The molecule has 0 bridgehead atoms. The Morgan fingerprint density at radius 3 is 2.56 bits per heavy atom. The van der Waals surface area contributed by atoms with Crippen LogP contribution in [-0.4, -0.2) is 51.0 Å². The fourth-order valence-corrected chi connectivity index (χ4v) is 8.58. The van der Waals surface area contributed by atoms with Crippen molar-refractivity contribution in [3.8, 4) is 0 Å². The van der Waals surface area contributed by atoms with Gasteiger partial charge >= 0.3 is 5.97 Å². The Balaban J connectivity index is 1.48. The standard InChI is InChI=1S/C28H38O6/c1-16-14-23(34-24(31)19(16)15-29)27(4,32)28(33)13-11-20-18-9-8-17-6-5-7-22(30)26(17,3)21(18)10-12-25(20,28)2/h5-6,8,18,20-21,23,29,32-33H,7,9-15H2,1-4H3/t18-,20-,21-,23+,25-,26-,27-,28+/m0/s1. The highest BCUT2D eigenvalue weighted by atomic mass is 16.6. The molecule has 2 saturated carbocycles. The molecule has 0 spiro atoms. The number of ketones is 1. The molecule has 0 aromatic heterocycles. The minimum Gasteiger partial charge on any atom is -0.455 e. The van der Waals surface area contributed by atoms with Crippen LogP contribution in [-0.2, 0) is 14.3 Å². The molecule has 186 valence electrons. The van der Waals surface area contributed by atoms with E-state index in [0.717, 1.165) is 24.8 Å². The summed E-state index contributed by atoms with van der Waals surface area (Å²) >= 11 is 0. The summed E-state index contributed by atoms with van der Waals surface area (Å²) in [5.41, 5.74) is -2.04. The third-order valence-corrected chi connectivity index (χ3v) is 10.8. The summed E-state index contributed by atoms with van der Waals surface area (Å²) in [6.07, 6.45) is 9.81. The Kier molecular flexibility index (Phi) is 5.37. The van der Waals surface area contributed by atoms with Crippen LogP contribution in [0, 0.1) is 28.6 Å². The number of allylic oxidation sites excluding steroid dienone is 4. The Hall–Kier alpha value is -1.76. The van der Waals surface area contributed by atoms with E-state index in [1.807, 2.05) is 6.08 Å². The molecule has 5 rings (SSSR count). The van der Waals surface area contributed by atoms with Crippen molar-refractivity contribution in [1.29, 1.82) is 0 Å². The summed E-state index contributed by atoms with van der Waals surface area (Å²) in [6.45, 7) is 7.18. The van der Waals surface area contributed by atoms with Gasteiger partial charge in [-0.2, -0.15) is 0 Å². The van der Waals surface area contributed by atoms with E-state index < -0.39 is 40.7 Å². The first kappa shape index (κ1) is 24.0. The van der Waals surface area contributed by atoms with Crippen molar-refractivity contribution in [3.05, 3.63) is 34.9 Å². The van der Waals surface area contributed by atoms with E-state index in [9.17, 15) is 24.9 Å². The molecule has 6 nitrogen and oxygen atoms in total. The summed E-state index contributed by atoms with van der Waals surface area (Å²) in [6, 6.07) is 0. The van der Waals surface area contributed by atoms with Gasteiger partial charge in [0.2, 0.25) is 0 Å². The Bertz CT molecular complexity index is 1020. The number of ether oxygens (including phenoxy) is 1. The molecule has 0 aromatic carbocycles. The number of esters is 1. The predicted molar refractivity (Wildman–Crippen MR) is 126 cm³/mol. The number of aliphatic hydroxyl groups excluding tert-OH is 1. The van der Waals surface area contributed by atoms with E-state index in [0.29, 0.717) is 24.8 Å². The Morgan fingerprint density at radius 1 is 1.18 bits per heavy atom. The van der Waals surface area contributed by atoms with Gasteiger partial charge < -0.3 is 20.1 Å². The molecule has 0 unspecified atom stereocenters. The summed E-state index contributed by atoms with van der Waals surface area (Å²) < 4.78 is 5.61.